The Bertz CT molecular complexity index is 601. The summed E-state index contributed by atoms with van der Waals surface area (Å²) in [7, 11) is 1.82. The highest BCUT2D eigenvalue weighted by molar-refractivity contribution is 14.0. The zero-order chi connectivity index (χ0) is 18.4. The molecule has 3 rings (SSSR count). The van der Waals surface area contributed by atoms with E-state index < -0.39 is 0 Å². The molecule has 2 atom stereocenters. The largest absolute Gasteiger partial charge is 0.356 e. The highest BCUT2D eigenvalue weighted by atomic mass is 127. The summed E-state index contributed by atoms with van der Waals surface area (Å²) in [4.78, 5) is 20.4. The van der Waals surface area contributed by atoms with E-state index in [0.29, 0.717) is 17.9 Å². The quantitative estimate of drug-likeness (QED) is 0.354. The second-order valence-electron chi connectivity index (χ2n) is 7.74. The number of rotatable bonds is 6. The van der Waals surface area contributed by atoms with E-state index in [1.165, 1.54) is 17.7 Å². The number of hydrogen-bond acceptors (Lipinski definition) is 3. The van der Waals surface area contributed by atoms with Gasteiger partial charge in [-0.25, -0.2) is 0 Å². The summed E-state index contributed by atoms with van der Waals surface area (Å²) in [6.45, 7) is 4.84. The Morgan fingerprint density at radius 3 is 2.81 bits per heavy atom. The van der Waals surface area contributed by atoms with Crippen LogP contribution in [0.15, 0.2) is 22.5 Å². The number of thiophene rings is 1. The molecule has 1 aliphatic carbocycles. The maximum absolute atomic E-state index is 12.6. The fourth-order valence-electron chi connectivity index (χ4n) is 4.01. The molecule has 1 amide bonds. The number of likely N-dealkylation sites (tertiary alicyclic amines) is 1. The molecule has 0 radical (unpaired) electrons. The molecule has 1 aromatic rings. The van der Waals surface area contributed by atoms with Gasteiger partial charge in [-0.3, -0.25) is 9.79 Å². The molecule has 0 spiro atoms. The standard InChI is InChI=1S/C20H32N4OS.HI/c1-15(12-18-8-5-11-26-18)13-22-20(21-2)23-17-9-10-24(14-17)19(25)16-6-3-4-7-16;/h5,8,11,15-17H,3-4,6-7,9-10,12-14H2,1-2H3,(H2,21,22,23);1H. The highest BCUT2D eigenvalue weighted by Crippen LogP contribution is 2.27. The molecular formula is C20H33IN4OS. The van der Waals surface area contributed by atoms with Gasteiger partial charge in [-0.05, 0) is 43.0 Å². The van der Waals surface area contributed by atoms with E-state index in [-0.39, 0.29) is 29.9 Å². The van der Waals surface area contributed by atoms with Gasteiger partial charge in [0.05, 0.1) is 0 Å². The molecule has 0 aromatic carbocycles. The Hall–Kier alpha value is -0.830. The average molecular weight is 504 g/mol. The van der Waals surface area contributed by atoms with Gasteiger partial charge in [-0.1, -0.05) is 25.8 Å². The number of amides is 1. The van der Waals surface area contributed by atoms with Gasteiger partial charge < -0.3 is 15.5 Å². The van der Waals surface area contributed by atoms with Gasteiger partial charge >= 0.3 is 0 Å². The summed E-state index contributed by atoms with van der Waals surface area (Å²) in [6.07, 6.45) is 6.69. The summed E-state index contributed by atoms with van der Waals surface area (Å²) >= 11 is 1.82. The first kappa shape index (κ1) is 22.5. The molecule has 2 fully saturated rings. The number of hydrogen-bond donors (Lipinski definition) is 2. The fraction of sp³-hybridized carbons (Fsp3) is 0.700. The van der Waals surface area contributed by atoms with E-state index in [1.54, 1.807) is 0 Å². The Morgan fingerprint density at radius 2 is 2.15 bits per heavy atom. The molecule has 1 saturated carbocycles. The lowest BCUT2D eigenvalue weighted by atomic mass is 10.1. The molecule has 5 nitrogen and oxygen atoms in total. The Kier molecular flexibility index (Phi) is 9.35. The molecule has 1 aliphatic heterocycles. The lowest BCUT2D eigenvalue weighted by Crippen LogP contribution is -2.46. The van der Waals surface area contributed by atoms with Crippen molar-refractivity contribution in [1.82, 2.24) is 15.5 Å². The molecule has 2 N–H and O–H groups in total. The van der Waals surface area contributed by atoms with Crippen molar-refractivity contribution in [2.45, 2.75) is 51.5 Å². The van der Waals surface area contributed by atoms with Gasteiger partial charge in [-0.15, -0.1) is 35.3 Å². The second-order valence-corrected chi connectivity index (χ2v) is 8.77. The molecule has 1 saturated heterocycles. The normalized spacial score (nSPS) is 21.8. The number of nitrogens with one attached hydrogen (secondary N) is 2. The zero-order valence-electron chi connectivity index (χ0n) is 16.4. The van der Waals surface area contributed by atoms with Crippen LogP contribution in [0.25, 0.3) is 0 Å². The molecule has 2 aliphatic rings. The molecule has 0 bridgehead atoms. The van der Waals surface area contributed by atoms with Crippen molar-refractivity contribution in [2.75, 3.05) is 26.7 Å². The van der Waals surface area contributed by atoms with Gasteiger partial charge in [0, 0.05) is 43.5 Å². The van der Waals surface area contributed by atoms with Crippen molar-refractivity contribution in [2.24, 2.45) is 16.8 Å². The van der Waals surface area contributed by atoms with E-state index in [0.717, 1.165) is 51.3 Å². The van der Waals surface area contributed by atoms with Crippen molar-refractivity contribution in [3.63, 3.8) is 0 Å². The lowest BCUT2D eigenvalue weighted by molar-refractivity contribution is -0.134. The topological polar surface area (TPSA) is 56.7 Å². The minimum Gasteiger partial charge on any atom is -0.356 e. The van der Waals surface area contributed by atoms with Gasteiger partial charge in [0.1, 0.15) is 0 Å². The van der Waals surface area contributed by atoms with Crippen LogP contribution < -0.4 is 10.6 Å². The number of halogens is 1. The third-order valence-corrected chi connectivity index (χ3v) is 6.42. The van der Waals surface area contributed by atoms with Crippen LogP contribution in [-0.2, 0) is 11.2 Å². The predicted molar refractivity (Wildman–Crippen MR) is 124 cm³/mol. The highest BCUT2D eigenvalue weighted by Gasteiger charge is 2.32. The van der Waals surface area contributed by atoms with E-state index in [1.807, 2.05) is 18.4 Å². The van der Waals surface area contributed by atoms with E-state index in [4.69, 9.17) is 0 Å². The predicted octanol–water partition coefficient (Wildman–Crippen LogP) is 3.50. The molecule has 27 heavy (non-hydrogen) atoms. The molecular weight excluding hydrogens is 471 g/mol. The summed E-state index contributed by atoms with van der Waals surface area (Å²) in [5.74, 6) is 2.06. The summed E-state index contributed by atoms with van der Waals surface area (Å²) < 4.78 is 0. The van der Waals surface area contributed by atoms with Crippen LogP contribution in [0.4, 0.5) is 0 Å². The van der Waals surface area contributed by atoms with Crippen LogP contribution in [0, 0.1) is 11.8 Å². The third kappa shape index (κ3) is 6.62. The van der Waals surface area contributed by atoms with Crippen molar-refractivity contribution in [3.8, 4) is 0 Å². The Labute approximate surface area is 184 Å². The fourth-order valence-corrected chi connectivity index (χ4v) is 4.88. The Morgan fingerprint density at radius 1 is 1.37 bits per heavy atom. The SMILES string of the molecule is CN=C(NCC(C)Cc1cccs1)NC1CCN(C(=O)C2CCCC2)C1.I. The zero-order valence-corrected chi connectivity index (χ0v) is 19.6. The van der Waals surface area contributed by atoms with Gasteiger partial charge in [-0.2, -0.15) is 0 Å². The molecule has 152 valence electrons. The number of aliphatic imine (C=N–C) groups is 1. The smallest absolute Gasteiger partial charge is 0.225 e. The first-order valence-corrected chi connectivity index (χ1v) is 10.8. The second kappa shape index (κ2) is 11.2. The summed E-state index contributed by atoms with van der Waals surface area (Å²) in [6, 6.07) is 4.61. The first-order chi connectivity index (χ1) is 12.7. The van der Waals surface area contributed by atoms with Crippen molar-refractivity contribution >= 4 is 47.2 Å². The van der Waals surface area contributed by atoms with Gasteiger partial charge in [0.2, 0.25) is 5.91 Å². The van der Waals surface area contributed by atoms with Crippen molar-refractivity contribution < 1.29 is 4.79 Å². The molecule has 2 unspecified atom stereocenters. The summed E-state index contributed by atoms with van der Waals surface area (Å²) in [5, 5.41) is 9.08. The van der Waals surface area contributed by atoms with E-state index in [9.17, 15) is 4.79 Å². The first-order valence-electron chi connectivity index (χ1n) is 9.94. The molecule has 2 heterocycles. The average Bonchev–Trinajstić information content (AvgIpc) is 3.40. The monoisotopic (exact) mass is 504 g/mol. The number of guanidine groups is 1. The third-order valence-electron chi connectivity index (χ3n) is 5.52. The Balaban J connectivity index is 0.00000261. The van der Waals surface area contributed by atoms with Crippen molar-refractivity contribution in [3.05, 3.63) is 22.4 Å². The number of nitrogens with zero attached hydrogens (tertiary/aromatic N) is 2. The maximum Gasteiger partial charge on any atom is 0.225 e. The van der Waals surface area contributed by atoms with Gasteiger partial charge in [0.25, 0.3) is 0 Å². The number of carbonyl (C=O) groups is 1. The van der Waals surface area contributed by atoms with Gasteiger partial charge in [0.15, 0.2) is 5.96 Å². The van der Waals surface area contributed by atoms with Crippen LogP contribution in [-0.4, -0.2) is 49.5 Å². The molecule has 1 aromatic heterocycles. The minimum absolute atomic E-state index is 0. The van der Waals surface area contributed by atoms with Crippen LogP contribution >= 0.6 is 35.3 Å². The maximum atomic E-state index is 12.6. The molecule has 7 heteroatoms. The van der Waals surface area contributed by atoms with Crippen molar-refractivity contribution in [1.29, 1.82) is 0 Å². The van der Waals surface area contributed by atoms with Crippen LogP contribution in [0.2, 0.25) is 0 Å². The number of carbonyl (C=O) groups excluding carboxylic acids is 1. The lowest BCUT2D eigenvalue weighted by Gasteiger charge is -2.22. The van der Waals surface area contributed by atoms with Crippen LogP contribution in [0.3, 0.4) is 0 Å². The van der Waals surface area contributed by atoms with Crippen LogP contribution in [0.5, 0.6) is 0 Å². The summed E-state index contributed by atoms with van der Waals surface area (Å²) in [5.41, 5.74) is 0. The van der Waals surface area contributed by atoms with Crippen LogP contribution in [0.1, 0.15) is 43.9 Å². The minimum atomic E-state index is 0. The van der Waals surface area contributed by atoms with E-state index in [2.05, 4.69) is 45.0 Å². The van der Waals surface area contributed by atoms with E-state index >= 15 is 0 Å².